The molecule has 4 nitrogen and oxygen atoms in total. The molecule has 24 heavy (non-hydrogen) atoms. The fourth-order valence-electron chi connectivity index (χ4n) is 2.61. The van der Waals surface area contributed by atoms with Crippen LogP contribution in [0.2, 0.25) is 5.02 Å². The smallest absolute Gasteiger partial charge is 0.263 e. The number of ether oxygens (including phenoxy) is 2. The highest BCUT2D eigenvalue weighted by Crippen LogP contribution is 2.35. The Bertz CT molecular complexity index is 908. The van der Waals surface area contributed by atoms with Gasteiger partial charge in [0.15, 0.2) is 11.5 Å². The molecule has 122 valence electrons. The third-order valence-electron chi connectivity index (χ3n) is 3.80. The Morgan fingerprint density at radius 2 is 1.92 bits per heavy atom. The molecule has 1 N–H and O–H groups in total. The maximum Gasteiger partial charge on any atom is 0.263 e. The van der Waals surface area contributed by atoms with Gasteiger partial charge >= 0.3 is 0 Å². The quantitative estimate of drug-likeness (QED) is 0.765. The van der Waals surface area contributed by atoms with Crippen LogP contribution in [0.25, 0.3) is 10.1 Å². The Morgan fingerprint density at radius 1 is 1.17 bits per heavy atom. The average Bonchev–Trinajstić information content (AvgIpc) is 2.97. The van der Waals surface area contributed by atoms with Gasteiger partial charge in [-0.25, -0.2) is 0 Å². The van der Waals surface area contributed by atoms with Gasteiger partial charge in [0.25, 0.3) is 5.91 Å². The number of rotatable bonds is 3. The Balaban J connectivity index is 1.44. The van der Waals surface area contributed by atoms with Crippen LogP contribution in [-0.4, -0.2) is 25.2 Å². The molecule has 4 rings (SSSR count). The highest BCUT2D eigenvalue weighted by atomic mass is 35.5. The summed E-state index contributed by atoms with van der Waals surface area (Å²) in [6.45, 7) is 0.759. The topological polar surface area (TPSA) is 47.6 Å². The SMILES string of the molecule is O=C(NC[C@@H]1COc2ccccc2O1)c1sc2ccccc2c1Cl. The van der Waals surface area contributed by atoms with Crippen molar-refractivity contribution in [3.63, 3.8) is 0 Å². The summed E-state index contributed by atoms with van der Waals surface area (Å²) in [5.41, 5.74) is 0. The lowest BCUT2D eigenvalue weighted by Crippen LogP contribution is -2.40. The summed E-state index contributed by atoms with van der Waals surface area (Å²) in [5, 5.41) is 4.29. The van der Waals surface area contributed by atoms with Crippen LogP contribution in [0.1, 0.15) is 9.67 Å². The van der Waals surface area contributed by atoms with Crippen molar-refractivity contribution in [2.24, 2.45) is 0 Å². The van der Waals surface area contributed by atoms with E-state index >= 15 is 0 Å². The van der Waals surface area contributed by atoms with E-state index in [0.717, 1.165) is 15.8 Å². The number of hydrogen-bond acceptors (Lipinski definition) is 4. The lowest BCUT2D eigenvalue weighted by Gasteiger charge is -2.26. The Kier molecular flexibility index (Phi) is 4.04. The molecule has 0 bridgehead atoms. The van der Waals surface area contributed by atoms with Gasteiger partial charge in [-0.1, -0.05) is 41.9 Å². The van der Waals surface area contributed by atoms with Crippen molar-refractivity contribution in [1.82, 2.24) is 5.32 Å². The average molecular weight is 360 g/mol. The van der Waals surface area contributed by atoms with E-state index in [2.05, 4.69) is 5.32 Å². The van der Waals surface area contributed by atoms with Crippen LogP contribution in [-0.2, 0) is 0 Å². The summed E-state index contributed by atoms with van der Waals surface area (Å²) < 4.78 is 12.5. The van der Waals surface area contributed by atoms with Crippen molar-refractivity contribution in [2.45, 2.75) is 6.10 Å². The number of fused-ring (bicyclic) bond motifs is 2. The van der Waals surface area contributed by atoms with Crippen molar-refractivity contribution < 1.29 is 14.3 Å². The first-order valence-electron chi connectivity index (χ1n) is 7.56. The van der Waals surface area contributed by atoms with Gasteiger partial charge in [-0.15, -0.1) is 11.3 Å². The third-order valence-corrected chi connectivity index (χ3v) is 5.47. The van der Waals surface area contributed by atoms with Crippen molar-refractivity contribution in [1.29, 1.82) is 0 Å². The number of halogens is 1. The fourth-order valence-corrected chi connectivity index (χ4v) is 4.04. The third kappa shape index (κ3) is 2.81. The number of benzene rings is 2. The predicted octanol–water partition coefficient (Wildman–Crippen LogP) is 4.12. The molecular weight excluding hydrogens is 346 g/mol. The van der Waals surface area contributed by atoms with Gasteiger partial charge in [0, 0.05) is 10.1 Å². The predicted molar refractivity (Wildman–Crippen MR) is 95.5 cm³/mol. The maximum absolute atomic E-state index is 12.4. The summed E-state index contributed by atoms with van der Waals surface area (Å²) in [5.74, 6) is 1.24. The van der Waals surface area contributed by atoms with Crippen LogP contribution in [0.3, 0.4) is 0 Å². The van der Waals surface area contributed by atoms with Crippen LogP contribution >= 0.6 is 22.9 Å². The molecule has 0 fully saturated rings. The van der Waals surface area contributed by atoms with E-state index in [1.54, 1.807) is 0 Å². The zero-order chi connectivity index (χ0) is 16.5. The van der Waals surface area contributed by atoms with Crippen molar-refractivity contribution in [3.8, 4) is 11.5 Å². The molecule has 1 aliphatic rings. The summed E-state index contributed by atoms with van der Waals surface area (Å²) in [4.78, 5) is 13.0. The second-order valence-corrected chi connectivity index (χ2v) is 6.88. The van der Waals surface area contributed by atoms with Crippen LogP contribution < -0.4 is 14.8 Å². The van der Waals surface area contributed by atoms with Crippen LogP contribution in [0.4, 0.5) is 0 Å². The van der Waals surface area contributed by atoms with Gasteiger partial charge in [0.05, 0.1) is 11.6 Å². The second kappa shape index (κ2) is 6.34. The molecule has 2 aromatic carbocycles. The second-order valence-electron chi connectivity index (χ2n) is 5.45. The van der Waals surface area contributed by atoms with E-state index in [4.69, 9.17) is 21.1 Å². The van der Waals surface area contributed by atoms with Gasteiger partial charge in [0.2, 0.25) is 0 Å². The molecule has 1 aromatic heterocycles. The molecule has 6 heteroatoms. The molecule has 0 spiro atoms. The van der Waals surface area contributed by atoms with E-state index in [1.165, 1.54) is 11.3 Å². The molecule has 0 saturated carbocycles. The van der Waals surface area contributed by atoms with Gasteiger partial charge in [-0.2, -0.15) is 0 Å². The monoisotopic (exact) mass is 359 g/mol. The molecule has 1 amide bonds. The number of para-hydroxylation sites is 2. The van der Waals surface area contributed by atoms with Crippen LogP contribution in [0.15, 0.2) is 48.5 Å². The summed E-state index contributed by atoms with van der Waals surface area (Å²) in [6, 6.07) is 15.2. The standard InChI is InChI=1S/C18H14ClNO3S/c19-16-12-5-1-4-8-15(12)24-17(16)18(21)20-9-11-10-22-13-6-2-3-7-14(13)23-11/h1-8,11H,9-10H2,(H,20,21)/t11-/m1/s1. The Hall–Kier alpha value is -2.24. The van der Waals surface area contributed by atoms with E-state index in [0.29, 0.717) is 28.8 Å². The normalized spacial score (nSPS) is 16.1. The van der Waals surface area contributed by atoms with E-state index < -0.39 is 0 Å². The van der Waals surface area contributed by atoms with Gasteiger partial charge in [0.1, 0.15) is 17.6 Å². The largest absolute Gasteiger partial charge is 0.486 e. The number of amides is 1. The molecule has 1 atom stereocenters. The summed E-state index contributed by atoms with van der Waals surface area (Å²) in [7, 11) is 0. The molecule has 0 radical (unpaired) electrons. The van der Waals surface area contributed by atoms with Crippen LogP contribution in [0.5, 0.6) is 11.5 Å². The number of hydrogen-bond donors (Lipinski definition) is 1. The summed E-state index contributed by atoms with van der Waals surface area (Å²) in [6.07, 6.45) is -0.225. The van der Waals surface area contributed by atoms with Crippen molar-refractivity contribution >= 4 is 38.9 Å². The van der Waals surface area contributed by atoms with Crippen molar-refractivity contribution in [3.05, 3.63) is 58.4 Å². The van der Waals surface area contributed by atoms with Crippen molar-refractivity contribution in [2.75, 3.05) is 13.2 Å². The first-order chi connectivity index (χ1) is 11.7. The zero-order valence-electron chi connectivity index (χ0n) is 12.6. The number of nitrogens with one attached hydrogen (secondary N) is 1. The number of carbonyl (C=O) groups is 1. The number of thiophene rings is 1. The Labute approximate surface area is 148 Å². The lowest BCUT2D eigenvalue weighted by atomic mass is 10.2. The minimum atomic E-state index is -0.225. The molecule has 1 aliphatic heterocycles. The van der Waals surface area contributed by atoms with Gasteiger partial charge in [-0.3, -0.25) is 4.79 Å². The van der Waals surface area contributed by atoms with E-state index in [1.807, 2.05) is 48.5 Å². The highest BCUT2D eigenvalue weighted by Gasteiger charge is 2.23. The molecular formula is C18H14ClNO3S. The fraction of sp³-hybridized carbons (Fsp3) is 0.167. The Morgan fingerprint density at radius 3 is 2.75 bits per heavy atom. The van der Waals surface area contributed by atoms with Gasteiger partial charge in [-0.05, 0) is 18.2 Å². The zero-order valence-corrected chi connectivity index (χ0v) is 14.2. The highest BCUT2D eigenvalue weighted by molar-refractivity contribution is 7.21. The number of carbonyl (C=O) groups excluding carboxylic acids is 1. The molecule has 3 aromatic rings. The summed E-state index contributed by atoms with van der Waals surface area (Å²) >= 11 is 7.73. The molecule has 0 aliphatic carbocycles. The maximum atomic E-state index is 12.4. The van der Waals surface area contributed by atoms with E-state index in [9.17, 15) is 4.79 Å². The lowest BCUT2D eigenvalue weighted by molar-refractivity contribution is 0.0791. The molecule has 2 heterocycles. The van der Waals surface area contributed by atoms with Crippen LogP contribution in [0, 0.1) is 0 Å². The first-order valence-corrected chi connectivity index (χ1v) is 8.75. The minimum absolute atomic E-state index is 0.191. The minimum Gasteiger partial charge on any atom is -0.486 e. The van der Waals surface area contributed by atoms with E-state index in [-0.39, 0.29) is 12.0 Å². The molecule has 0 saturated heterocycles. The van der Waals surface area contributed by atoms with Gasteiger partial charge < -0.3 is 14.8 Å². The molecule has 0 unspecified atom stereocenters. The first kappa shape index (κ1) is 15.3.